The Balaban J connectivity index is 1.54. The summed E-state index contributed by atoms with van der Waals surface area (Å²) in [6.45, 7) is 4.88. The van der Waals surface area contributed by atoms with Crippen molar-refractivity contribution >= 4 is 11.8 Å². The molecule has 1 fully saturated rings. The van der Waals surface area contributed by atoms with Crippen molar-refractivity contribution < 1.29 is 0 Å². The molecule has 0 bridgehead atoms. The van der Waals surface area contributed by atoms with Crippen molar-refractivity contribution in [3.05, 3.63) is 29.8 Å². The lowest BCUT2D eigenvalue weighted by atomic mass is 9.97. The van der Waals surface area contributed by atoms with Crippen LogP contribution in [0.4, 0.5) is 0 Å². The first-order valence-corrected chi connectivity index (χ1v) is 8.42. The van der Waals surface area contributed by atoms with Crippen LogP contribution in [-0.2, 0) is 0 Å². The van der Waals surface area contributed by atoms with E-state index >= 15 is 0 Å². The minimum absolute atomic E-state index is 0.725. The number of fused-ring (bicyclic) bond motifs is 1. The lowest BCUT2D eigenvalue weighted by molar-refractivity contribution is 0.236. The monoisotopic (exact) mass is 276 g/mol. The molecule has 0 amide bonds. The van der Waals surface area contributed by atoms with Gasteiger partial charge in [0.2, 0.25) is 0 Å². The van der Waals surface area contributed by atoms with Gasteiger partial charge in [0.1, 0.15) is 0 Å². The van der Waals surface area contributed by atoms with Crippen LogP contribution >= 0.6 is 11.8 Å². The Labute approximate surface area is 121 Å². The van der Waals surface area contributed by atoms with E-state index in [1.807, 2.05) is 11.8 Å². The number of piperidine rings is 1. The molecule has 0 radical (unpaired) electrons. The Morgan fingerprint density at radius 3 is 3.05 bits per heavy atom. The van der Waals surface area contributed by atoms with Gasteiger partial charge in [-0.1, -0.05) is 18.2 Å². The number of nitrogens with one attached hydrogen (secondary N) is 1. The van der Waals surface area contributed by atoms with Gasteiger partial charge in [-0.3, -0.25) is 0 Å². The minimum Gasteiger partial charge on any atom is -0.316 e. The molecular weight excluding hydrogens is 252 g/mol. The standard InChI is InChI=1S/C16H24N2S/c1-18(10-13-5-4-8-17-9-13)11-14-12-19-16-7-3-2-6-15(14)16/h2-3,6-7,13-14,17H,4-5,8-12H2,1H3. The lowest BCUT2D eigenvalue weighted by Gasteiger charge is -2.29. The predicted molar refractivity (Wildman–Crippen MR) is 83.0 cm³/mol. The van der Waals surface area contributed by atoms with E-state index in [2.05, 4.69) is 41.5 Å². The largest absolute Gasteiger partial charge is 0.316 e. The van der Waals surface area contributed by atoms with Crippen LogP contribution in [0.25, 0.3) is 0 Å². The molecule has 1 aromatic carbocycles. The number of rotatable bonds is 4. The van der Waals surface area contributed by atoms with E-state index in [9.17, 15) is 0 Å². The Bertz CT molecular complexity index is 415. The quantitative estimate of drug-likeness (QED) is 0.910. The number of nitrogens with zero attached hydrogens (tertiary/aromatic N) is 1. The molecule has 0 saturated carbocycles. The summed E-state index contributed by atoms with van der Waals surface area (Å²) >= 11 is 2.03. The average molecular weight is 276 g/mol. The Morgan fingerprint density at radius 1 is 1.32 bits per heavy atom. The number of thioether (sulfide) groups is 1. The molecule has 2 atom stereocenters. The molecule has 2 aliphatic heterocycles. The summed E-state index contributed by atoms with van der Waals surface area (Å²) in [4.78, 5) is 4.05. The van der Waals surface area contributed by atoms with Crippen molar-refractivity contribution in [2.75, 3.05) is 39.0 Å². The van der Waals surface area contributed by atoms with Gasteiger partial charge in [0.05, 0.1) is 0 Å². The van der Waals surface area contributed by atoms with Crippen LogP contribution in [0.1, 0.15) is 24.3 Å². The highest BCUT2D eigenvalue weighted by Crippen LogP contribution is 2.39. The molecule has 2 heterocycles. The molecule has 1 N–H and O–H groups in total. The number of hydrogen-bond donors (Lipinski definition) is 1. The van der Waals surface area contributed by atoms with E-state index in [-0.39, 0.29) is 0 Å². The molecule has 2 unspecified atom stereocenters. The third-order valence-electron chi connectivity index (χ3n) is 4.30. The molecule has 0 spiro atoms. The fourth-order valence-corrected chi connectivity index (χ4v) is 4.59. The smallest absolute Gasteiger partial charge is 0.0108 e. The van der Waals surface area contributed by atoms with Crippen molar-refractivity contribution in [3.8, 4) is 0 Å². The summed E-state index contributed by atoms with van der Waals surface area (Å²) in [5.74, 6) is 2.83. The zero-order chi connectivity index (χ0) is 13.1. The second-order valence-electron chi connectivity index (χ2n) is 5.98. The zero-order valence-corrected chi connectivity index (χ0v) is 12.6. The second-order valence-corrected chi connectivity index (χ2v) is 7.04. The number of hydrogen-bond acceptors (Lipinski definition) is 3. The van der Waals surface area contributed by atoms with Gasteiger partial charge < -0.3 is 10.2 Å². The van der Waals surface area contributed by atoms with Crippen LogP contribution in [0.15, 0.2) is 29.2 Å². The molecule has 1 saturated heterocycles. The van der Waals surface area contributed by atoms with Gasteiger partial charge in [-0.15, -0.1) is 11.8 Å². The van der Waals surface area contributed by atoms with Crippen molar-refractivity contribution in [1.29, 1.82) is 0 Å². The summed E-state index contributed by atoms with van der Waals surface area (Å²) in [6, 6.07) is 8.93. The molecule has 3 heteroatoms. The molecular formula is C16H24N2S. The van der Waals surface area contributed by atoms with Gasteiger partial charge >= 0.3 is 0 Å². The van der Waals surface area contributed by atoms with Crippen LogP contribution in [0.2, 0.25) is 0 Å². The van der Waals surface area contributed by atoms with E-state index in [4.69, 9.17) is 0 Å². The highest BCUT2D eigenvalue weighted by molar-refractivity contribution is 7.99. The van der Waals surface area contributed by atoms with Crippen molar-refractivity contribution in [3.63, 3.8) is 0 Å². The summed E-state index contributed by atoms with van der Waals surface area (Å²) in [5.41, 5.74) is 1.57. The Kier molecular flexibility index (Phi) is 4.46. The SMILES string of the molecule is CN(CC1CCCNC1)CC1CSc2ccccc21. The first kappa shape index (κ1) is 13.5. The van der Waals surface area contributed by atoms with Gasteiger partial charge in [0.15, 0.2) is 0 Å². The van der Waals surface area contributed by atoms with Crippen LogP contribution in [0, 0.1) is 5.92 Å². The van der Waals surface area contributed by atoms with Gasteiger partial charge in [-0.25, -0.2) is 0 Å². The molecule has 3 rings (SSSR count). The average Bonchev–Trinajstić information content (AvgIpc) is 2.83. The van der Waals surface area contributed by atoms with E-state index in [0.29, 0.717) is 0 Å². The van der Waals surface area contributed by atoms with Gasteiger partial charge in [0, 0.05) is 29.7 Å². The van der Waals surface area contributed by atoms with Crippen molar-refractivity contribution in [1.82, 2.24) is 10.2 Å². The van der Waals surface area contributed by atoms with Gasteiger partial charge in [0.25, 0.3) is 0 Å². The molecule has 2 aliphatic rings. The highest BCUT2D eigenvalue weighted by atomic mass is 32.2. The topological polar surface area (TPSA) is 15.3 Å². The maximum atomic E-state index is 3.52. The molecule has 0 aliphatic carbocycles. The molecule has 0 aromatic heterocycles. The van der Waals surface area contributed by atoms with Crippen LogP contribution in [-0.4, -0.2) is 43.9 Å². The normalized spacial score (nSPS) is 26.6. The van der Waals surface area contributed by atoms with E-state index in [0.717, 1.165) is 11.8 Å². The third kappa shape index (κ3) is 3.33. The molecule has 1 aromatic rings. The van der Waals surface area contributed by atoms with Gasteiger partial charge in [-0.2, -0.15) is 0 Å². The first-order valence-electron chi connectivity index (χ1n) is 7.44. The fraction of sp³-hybridized carbons (Fsp3) is 0.625. The number of benzene rings is 1. The minimum atomic E-state index is 0.725. The van der Waals surface area contributed by atoms with Crippen LogP contribution < -0.4 is 5.32 Å². The van der Waals surface area contributed by atoms with Crippen LogP contribution in [0.3, 0.4) is 0 Å². The summed E-state index contributed by atoms with van der Waals surface area (Å²) in [7, 11) is 2.29. The highest BCUT2D eigenvalue weighted by Gasteiger charge is 2.24. The fourth-order valence-electron chi connectivity index (χ4n) is 3.35. The molecule has 104 valence electrons. The molecule has 19 heavy (non-hydrogen) atoms. The molecule has 2 nitrogen and oxygen atoms in total. The summed E-state index contributed by atoms with van der Waals surface area (Å²) in [5, 5.41) is 3.52. The second kappa shape index (κ2) is 6.29. The van der Waals surface area contributed by atoms with E-state index < -0.39 is 0 Å². The van der Waals surface area contributed by atoms with Crippen molar-refractivity contribution in [2.45, 2.75) is 23.7 Å². The van der Waals surface area contributed by atoms with Gasteiger partial charge in [-0.05, 0) is 50.5 Å². The lowest BCUT2D eigenvalue weighted by Crippen LogP contribution is -2.38. The zero-order valence-electron chi connectivity index (χ0n) is 11.8. The number of likely N-dealkylation sites (N-methyl/N-ethyl adjacent to an activating group) is 1. The maximum Gasteiger partial charge on any atom is 0.0108 e. The Morgan fingerprint density at radius 2 is 2.21 bits per heavy atom. The Hall–Kier alpha value is -0.510. The van der Waals surface area contributed by atoms with E-state index in [1.165, 1.54) is 49.7 Å². The van der Waals surface area contributed by atoms with Crippen molar-refractivity contribution in [2.24, 2.45) is 5.92 Å². The maximum absolute atomic E-state index is 3.52. The third-order valence-corrected chi connectivity index (χ3v) is 5.55. The summed E-state index contributed by atoms with van der Waals surface area (Å²) < 4.78 is 0. The first-order chi connectivity index (χ1) is 9.33. The predicted octanol–water partition coefficient (Wildman–Crippen LogP) is 2.81. The summed E-state index contributed by atoms with van der Waals surface area (Å²) in [6.07, 6.45) is 2.74. The van der Waals surface area contributed by atoms with Crippen LogP contribution in [0.5, 0.6) is 0 Å². The van der Waals surface area contributed by atoms with E-state index in [1.54, 1.807) is 5.56 Å².